The summed E-state index contributed by atoms with van der Waals surface area (Å²) in [5, 5.41) is 12.3. The number of esters is 1. The van der Waals surface area contributed by atoms with E-state index in [1.165, 1.54) is 13.2 Å². The van der Waals surface area contributed by atoms with Crippen LogP contribution in [-0.2, 0) is 16.1 Å². The molecule has 0 heterocycles. The molecule has 3 aromatic rings. The highest BCUT2D eigenvalue weighted by Gasteiger charge is 2.15. The lowest BCUT2D eigenvalue weighted by atomic mass is 10.1. The number of carbonyl (C=O) groups is 2. The molecule has 3 rings (SSSR count). The third-order valence-corrected chi connectivity index (χ3v) is 5.37. The summed E-state index contributed by atoms with van der Waals surface area (Å²) in [6.07, 6.45) is 1.45. The SMILES string of the molecule is CCOC(=O)c1ccc(NC(=O)/C(C#N)=C/c2cccc(OC)c2OCc2ccc(Br)cc2)cc1. The number of nitrogens with one attached hydrogen (secondary N) is 1. The summed E-state index contributed by atoms with van der Waals surface area (Å²) < 4.78 is 17.4. The van der Waals surface area contributed by atoms with E-state index in [0.29, 0.717) is 28.3 Å². The quantitative estimate of drug-likeness (QED) is 0.213. The number of para-hydroxylation sites is 1. The van der Waals surface area contributed by atoms with Crippen molar-refractivity contribution in [2.45, 2.75) is 13.5 Å². The van der Waals surface area contributed by atoms with Gasteiger partial charge in [0.2, 0.25) is 0 Å². The van der Waals surface area contributed by atoms with E-state index in [2.05, 4.69) is 21.2 Å². The minimum absolute atomic E-state index is 0.124. The van der Waals surface area contributed by atoms with Crippen LogP contribution in [0.15, 0.2) is 76.8 Å². The molecular weight excluding hydrogens is 512 g/mol. The third-order valence-electron chi connectivity index (χ3n) is 4.84. The Bertz CT molecular complexity index is 1260. The van der Waals surface area contributed by atoms with E-state index in [4.69, 9.17) is 14.2 Å². The van der Waals surface area contributed by atoms with Crippen LogP contribution in [0.4, 0.5) is 5.69 Å². The van der Waals surface area contributed by atoms with Gasteiger partial charge in [-0.3, -0.25) is 4.79 Å². The average Bonchev–Trinajstić information content (AvgIpc) is 2.87. The van der Waals surface area contributed by atoms with Gasteiger partial charge in [-0.2, -0.15) is 5.26 Å². The molecule has 0 aromatic heterocycles. The van der Waals surface area contributed by atoms with Crippen LogP contribution >= 0.6 is 15.9 Å². The molecule has 1 amide bonds. The largest absolute Gasteiger partial charge is 0.493 e. The van der Waals surface area contributed by atoms with Gasteiger partial charge in [-0.05, 0) is 61.0 Å². The van der Waals surface area contributed by atoms with Gasteiger partial charge in [-0.15, -0.1) is 0 Å². The molecule has 0 radical (unpaired) electrons. The lowest BCUT2D eigenvalue weighted by molar-refractivity contribution is -0.112. The van der Waals surface area contributed by atoms with E-state index >= 15 is 0 Å². The second-order valence-corrected chi connectivity index (χ2v) is 8.13. The lowest BCUT2D eigenvalue weighted by Gasteiger charge is -2.14. The molecule has 0 spiro atoms. The summed E-state index contributed by atoms with van der Waals surface area (Å²) in [6, 6.07) is 21.1. The van der Waals surface area contributed by atoms with Gasteiger partial charge in [0.1, 0.15) is 18.2 Å². The molecule has 0 bridgehead atoms. The van der Waals surface area contributed by atoms with E-state index in [0.717, 1.165) is 10.0 Å². The van der Waals surface area contributed by atoms with Crippen molar-refractivity contribution in [3.63, 3.8) is 0 Å². The molecule has 1 N–H and O–H groups in total. The monoisotopic (exact) mass is 534 g/mol. The van der Waals surface area contributed by atoms with E-state index in [1.807, 2.05) is 30.3 Å². The normalized spacial score (nSPS) is 10.7. The Balaban J connectivity index is 1.80. The summed E-state index contributed by atoms with van der Waals surface area (Å²) >= 11 is 3.41. The van der Waals surface area contributed by atoms with Gasteiger partial charge in [0.15, 0.2) is 11.5 Å². The van der Waals surface area contributed by atoms with E-state index in [-0.39, 0.29) is 18.8 Å². The number of ether oxygens (including phenoxy) is 3. The highest BCUT2D eigenvalue weighted by atomic mass is 79.9. The van der Waals surface area contributed by atoms with E-state index in [1.54, 1.807) is 49.4 Å². The zero-order valence-electron chi connectivity index (χ0n) is 19.2. The predicted molar refractivity (Wildman–Crippen MR) is 136 cm³/mol. The van der Waals surface area contributed by atoms with Crippen molar-refractivity contribution in [2.24, 2.45) is 0 Å². The fraction of sp³-hybridized carbons (Fsp3) is 0.148. The molecule has 0 fully saturated rings. The number of amides is 1. The van der Waals surface area contributed by atoms with Crippen LogP contribution < -0.4 is 14.8 Å². The zero-order chi connectivity index (χ0) is 25.2. The Morgan fingerprint density at radius 2 is 1.77 bits per heavy atom. The molecule has 0 saturated carbocycles. The predicted octanol–water partition coefficient (Wildman–Crippen LogP) is 5.76. The number of halogens is 1. The summed E-state index contributed by atoms with van der Waals surface area (Å²) in [5.74, 6) is -0.157. The van der Waals surface area contributed by atoms with Crippen LogP contribution in [0.2, 0.25) is 0 Å². The maximum atomic E-state index is 12.8. The van der Waals surface area contributed by atoms with Crippen molar-refractivity contribution in [3.05, 3.63) is 93.5 Å². The van der Waals surface area contributed by atoms with Crippen molar-refractivity contribution < 1.29 is 23.8 Å². The van der Waals surface area contributed by atoms with Crippen molar-refractivity contribution in [1.29, 1.82) is 5.26 Å². The van der Waals surface area contributed by atoms with Crippen LogP contribution in [-0.4, -0.2) is 25.6 Å². The first-order valence-corrected chi connectivity index (χ1v) is 11.5. The Kier molecular flexibility index (Phi) is 9.04. The number of carbonyl (C=O) groups excluding carboxylic acids is 2. The molecule has 8 heteroatoms. The molecule has 178 valence electrons. The fourth-order valence-corrected chi connectivity index (χ4v) is 3.37. The van der Waals surface area contributed by atoms with E-state index < -0.39 is 11.9 Å². The summed E-state index contributed by atoms with van der Waals surface area (Å²) in [6.45, 7) is 2.27. The maximum absolute atomic E-state index is 12.8. The minimum atomic E-state index is -0.599. The molecule has 0 saturated heterocycles. The zero-order valence-corrected chi connectivity index (χ0v) is 20.8. The van der Waals surface area contributed by atoms with Gasteiger partial charge in [0.25, 0.3) is 5.91 Å². The molecule has 0 aliphatic carbocycles. The minimum Gasteiger partial charge on any atom is -0.493 e. The smallest absolute Gasteiger partial charge is 0.338 e. The highest BCUT2D eigenvalue weighted by molar-refractivity contribution is 9.10. The fourth-order valence-electron chi connectivity index (χ4n) is 3.10. The second kappa shape index (κ2) is 12.4. The van der Waals surface area contributed by atoms with Crippen molar-refractivity contribution >= 4 is 39.6 Å². The van der Waals surface area contributed by atoms with Gasteiger partial charge in [-0.25, -0.2) is 4.79 Å². The highest BCUT2D eigenvalue weighted by Crippen LogP contribution is 2.33. The molecule has 0 aliphatic rings. The number of rotatable bonds is 9. The number of hydrogen-bond acceptors (Lipinski definition) is 6. The van der Waals surface area contributed by atoms with Crippen LogP contribution in [0.1, 0.15) is 28.4 Å². The summed E-state index contributed by atoms with van der Waals surface area (Å²) in [7, 11) is 1.52. The van der Waals surface area contributed by atoms with Gasteiger partial charge in [0, 0.05) is 15.7 Å². The van der Waals surface area contributed by atoms with Crippen molar-refractivity contribution in [1.82, 2.24) is 0 Å². The lowest BCUT2D eigenvalue weighted by Crippen LogP contribution is -2.14. The van der Waals surface area contributed by atoms with E-state index in [9.17, 15) is 14.9 Å². The number of benzene rings is 3. The number of nitriles is 1. The number of nitrogens with zero attached hydrogens (tertiary/aromatic N) is 1. The van der Waals surface area contributed by atoms with Gasteiger partial charge < -0.3 is 19.5 Å². The topological polar surface area (TPSA) is 97.7 Å². The van der Waals surface area contributed by atoms with Gasteiger partial charge in [0.05, 0.1) is 19.3 Å². The van der Waals surface area contributed by atoms with Crippen LogP contribution in [0.25, 0.3) is 6.08 Å². The standard InChI is InChI=1S/C27H23BrN2O5/c1-3-34-27(32)19-9-13-23(14-10-19)30-26(31)21(16-29)15-20-5-4-6-24(33-2)25(20)35-17-18-7-11-22(28)12-8-18/h4-15H,3,17H2,1-2H3,(H,30,31)/b21-15+. The maximum Gasteiger partial charge on any atom is 0.338 e. The van der Waals surface area contributed by atoms with Crippen LogP contribution in [0.5, 0.6) is 11.5 Å². The Morgan fingerprint density at radius 3 is 2.40 bits per heavy atom. The Labute approximate surface area is 212 Å². The third kappa shape index (κ3) is 6.95. The molecule has 3 aromatic carbocycles. The molecule has 0 aliphatic heterocycles. The Hall–Kier alpha value is -4.09. The number of anilines is 1. The molecular formula is C27H23BrN2O5. The summed E-state index contributed by atoms with van der Waals surface area (Å²) in [4.78, 5) is 24.6. The summed E-state index contributed by atoms with van der Waals surface area (Å²) in [5.41, 5.74) is 2.14. The van der Waals surface area contributed by atoms with Crippen LogP contribution in [0, 0.1) is 11.3 Å². The molecule has 35 heavy (non-hydrogen) atoms. The van der Waals surface area contributed by atoms with Gasteiger partial charge >= 0.3 is 5.97 Å². The van der Waals surface area contributed by atoms with Crippen molar-refractivity contribution in [2.75, 3.05) is 19.0 Å². The van der Waals surface area contributed by atoms with Crippen molar-refractivity contribution in [3.8, 4) is 17.6 Å². The average molecular weight is 535 g/mol. The van der Waals surface area contributed by atoms with Gasteiger partial charge in [-0.1, -0.05) is 40.2 Å². The first-order chi connectivity index (χ1) is 16.9. The Morgan fingerprint density at radius 1 is 1.06 bits per heavy atom. The first kappa shape index (κ1) is 25.5. The molecule has 7 nitrogen and oxygen atoms in total. The first-order valence-electron chi connectivity index (χ1n) is 10.7. The van der Waals surface area contributed by atoms with Crippen LogP contribution in [0.3, 0.4) is 0 Å². The number of hydrogen-bond donors (Lipinski definition) is 1. The second-order valence-electron chi connectivity index (χ2n) is 7.22. The number of methoxy groups -OCH3 is 1. The molecule has 0 unspecified atom stereocenters. The molecule has 0 atom stereocenters.